The highest BCUT2D eigenvalue weighted by Crippen LogP contribution is 2.41. The Bertz CT molecular complexity index is 526. The minimum atomic E-state index is -1.65. The van der Waals surface area contributed by atoms with Gasteiger partial charge in [-0.05, 0) is 62.2 Å². The smallest absolute Gasteiger partial charge is 0.194 e. The Balaban J connectivity index is 0.000000197. The van der Waals surface area contributed by atoms with E-state index in [9.17, 15) is 22.1 Å². The van der Waals surface area contributed by atoms with Gasteiger partial charge in [0.05, 0.1) is 6.67 Å². The molecule has 0 unspecified atom stereocenters. The lowest BCUT2D eigenvalue weighted by molar-refractivity contribution is -0.00711. The first-order valence-electron chi connectivity index (χ1n) is 9.43. The van der Waals surface area contributed by atoms with Crippen molar-refractivity contribution in [3.8, 4) is 5.75 Å². The molecule has 2 aliphatic rings. The summed E-state index contributed by atoms with van der Waals surface area (Å²) in [6.45, 7) is 2.31. The lowest BCUT2D eigenvalue weighted by Gasteiger charge is -2.36. The molecule has 0 aromatic heterocycles. The minimum absolute atomic E-state index is 0.0750. The van der Waals surface area contributed by atoms with Crippen LogP contribution in [0.1, 0.15) is 58.3 Å². The zero-order valence-electron chi connectivity index (χ0n) is 15.1. The predicted octanol–water partition coefficient (Wildman–Crippen LogP) is 6.96. The van der Waals surface area contributed by atoms with Gasteiger partial charge in [-0.2, -0.15) is 0 Å². The molecule has 0 heterocycles. The first kappa shape index (κ1) is 21.0. The lowest BCUT2D eigenvalue weighted by Crippen LogP contribution is -2.25. The molecule has 2 aliphatic carbocycles. The Morgan fingerprint density at radius 2 is 1.31 bits per heavy atom. The SMILES string of the molecule is CC1CCC(C2CCC(CF)CC2)CC1.FOc1cc(F)c(F)c(F)c1. The van der Waals surface area contributed by atoms with Gasteiger partial charge in [-0.25, -0.2) is 13.2 Å². The number of halogens is 5. The Hall–Kier alpha value is -1.33. The second-order valence-corrected chi connectivity index (χ2v) is 7.73. The lowest BCUT2D eigenvalue weighted by atomic mass is 9.69. The average Bonchev–Trinajstić information content (AvgIpc) is 2.67. The van der Waals surface area contributed by atoms with Gasteiger partial charge in [-0.15, -0.1) is 0 Å². The summed E-state index contributed by atoms with van der Waals surface area (Å²) in [6.07, 6.45) is 10.7. The van der Waals surface area contributed by atoms with E-state index in [0.29, 0.717) is 18.1 Å². The van der Waals surface area contributed by atoms with Crippen LogP contribution in [0.4, 0.5) is 22.1 Å². The highest BCUT2D eigenvalue weighted by atomic mass is 19.3. The third-order valence-corrected chi connectivity index (χ3v) is 5.88. The van der Waals surface area contributed by atoms with E-state index in [1.165, 1.54) is 38.5 Å². The summed E-state index contributed by atoms with van der Waals surface area (Å²) >= 11 is 0. The Labute approximate surface area is 151 Å². The average molecular weight is 378 g/mol. The normalized spacial score (nSPS) is 28.8. The van der Waals surface area contributed by atoms with Crippen LogP contribution in [-0.2, 0) is 0 Å². The molecule has 6 heteroatoms. The molecule has 0 aliphatic heterocycles. The molecule has 0 N–H and O–H groups in total. The van der Waals surface area contributed by atoms with E-state index in [1.54, 1.807) is 0 Å². The fourth-order valence-electron chi connectivity index (χ4n) is 4.15. The molecule has 3 rings (SSSR count). The molecule has 148 valence electrons. The quantitative estimate of drug-likeness (QED) is 0.408. The first-order chi connectivity index (χ1) is 12.4. The number of rotatable bonds is 3. The van der Waals surface area contributed by atoms with E-state index in [0.717, 1.165) is 30.6 Å². The fraction of sp³-hybridized carbons (Fsp3) is 0.700. The second-order valence-electron chi connectivity index (χ2n) is 7.73. The standard InChI is InChI=1S/C14H25F.C6H2F4O/c1-11-2-6-13(7-3-11)14-8-4-12(10-15)5-9-14;7-4-1-3(11-10)2-5(8)6(4)9/h11-14H,2-10H2,1H3;1-2H. The molecule has 0 saturated heterocycles. The van der Waals surface area contributed by atoms with Crippen LogP contribution in [-0.4, -0.2) is 6.67 Å². The predicted molar refractivity (Wildman–Crippen MR) is 90.6 cm³/mol. The number of hydrogen-bond acceptors (Lipinski definition) is 1. The van der Waals surface area contributed by atoms with Gasteiger partial charge in [0, 0.05) is 16.7 Å². The van der Waals surface area contributed by atoms with E-state index < -0.39 is 23.2 Å². The molecule has 1 aromatic carbocycles. The van der Waals surface area contributed by atoms with Crippen molar-refractivity contribution in [1.29, 1.82) is 0 Å². The summed E-state index contributed by atoms with van der Waals surface area (Å²) in [5, 5.41) is 0. The number of alkyl halides is 1. The van der Waals surface area contributed by atoms with Crippen LogP contribution in [0.15, 0.2) is 12.1 Å². The molecule has 0 spiro atoms. The highest BCUT2D eigenvalue weighted by molar-refractivity contribution is 5.24. The van der Waals surface area contributed by atoms with Gasteiger partial charge in [0.25, 0.3) is 0 Å². The summed E-state index contributed by atoms with van der Waals surface area (Å²) in [6, 6.07) is 0.802. The van der Waals surface area contributed by atoms with Gasteiger partial charge in [0.1, 0.15) is 0 Å². The van der Waals surface area contributed by atoms with E-state index in [1.807, 2.05) is 0 Å². The second kappa shape index (κ2) is 10.1. The first-order valence-corrected chi connectivity index (χ1v) is 9.43. The van der Waals surface area contributed by atoms with E-state index >= 15 is 0 Å². The molecule has 0 radical (unpaired) electrons. The van der Waals surface area contributed by atoms with Crippen LogP contribution in [0.2, 0.25) is 0 Å². The Morgan fingerprint density at radius 3 is 1.73 bits per heavy atom. The van der Waals surface area contributed by atoms with Crippen LogP contribution >= 0.6 is 0 Å². The topological polar surface area (TPSA) is 9.23 Å². The van der Waals surface area contributed by atoms with Crippen molar-refractivity contribution in [2.45, 2.75) is 58.3 Å². The van der Waals surface area contributed by atoms with Crippen LogP contribution in [0.25, 0.3) is 0 Å². The molecule has 2 saturated carbocycles. The van der Waals surface area contributed by atoms with Crippen molar-refractivity contribution in [3.05, 3.63) is 29.6 Å². The maximum Gasteiger partial charge on any atom is 0.194 e. The van der Waals surface area contributed by atoms with Crippen molar-refractivity contribution in [3.63, 3.8) is 0 Å². The van der Waals surface area contributed by atoms with Gasteiger partial charge < -0.3 is 0 Å². The maximum absolute atomic E-state index is 12.5. The molecule has 1 nitrogen and oxygen atoms in total. The monoisotopic (exact) mass is 378 g/mol. The van der Waals surface area contributed by atoms with Gasteiger partial charge >= 0.3 is 0 Å². The Morgan fingerprint density at radius 1 is 0.846 bits per heavy atom. The van der Waals surface area contributed by atoms with E-state index in [-0.39, 0.29) is 6.67 Å². The molecule has 26 heavy (non-hydrogen) atoms. The van der Waals surface area contributed by atoms with E-state index in [2.05, 4.69) is 11.9 Å². The van der Waals surface area contributed by atoms with Crippen molar-refractivity contribution in [2.24, 2.45) is 23.7 Å². The molecular formula is C20H27F5O. The van der Waals surface area contributed by atoms with Gasteiger partial charge in [0.15, 0.2) is 23.2 Å². The molecule has 0 atom stereocenters. The van der Waals surface area contributed by atoms with Crippen LogP contribution < -0.4 is 4.94 Å². The van der Waals surface area contributed by atoms with Crippen LogP contribution in [0.5, 0.6) is 5.75 Å². The largest absolute Gasteiger partial charge is 0.294 e. The molecule has 0 amide bonds. The Kier molecular flexibility index (Phi) is 8.16. The third kappa shape index (κ3) is 5.85. The minimum Gasteiger partial charge on any atom is -0.294 e. The summed E-state index contributed by atoms with van der Waals surface area (Å²) in [5.41, 5.74) is 0. The van der Waals surface area contributed by atoms with Crippen molar-refractivity contribution < 1.29 is 27.0 Å². The van der Waals surface area contributed by atoms with Crippen LogP contribution in [0.3, 0.4) is 0 Å². The summed E-state index contributed by atoms with van der Waals surface area (Å²) in [5.74, 6) is -2.03. The highest BCUT2D eigenvalue weighted by Gasteiger charge is 2.29. The zero-order valence-corrected chi connectivity index (χ0v) is 15.1. The summed E-state index contributed by atoms with van der Waals surface area (Å²) in [7, 11) is 0. The summed E-state index contributed by atoms with van der Waals surface area (Å²) < 4.78 is 60.2. The number of hydrogen-bond donors (Lipinski definition) is 0. The zero-order chi connectivity index (χ0) is 19.1. The number of benzene rings is 1. The van der Waals surface area contributed by atoms with Crippen molar-refractivity contribution >= 4 is 0 Å². The molecule has 0 bridgehead atoms. The fourth-order valence-corrected chi connectivity index (χ4v) is 4.15. The van der Waals surface area contributed by atoms with Gasteiger partial charge in [0.2, 0.25) is 0 Å². The van der Waals surface area contributed by atoms with Crippen LogP contribution in [0, 0.1) is 41.1 Å². The van der Waals surface area contributed by atoms with Crippen molar-refractivity contribution in [1.82, 2.24) is 0 Å². The van der Waals surface area contributed by atoms with Gasteiger partial charge in [-0.1, -0.05) is 19.8 Å². The molecular weight excluding hydrogens is 351 g/mol. The molecule has 1 aromatic rings. The third-order valence-electron chi connectivity index (χ3n) is 5.88. The van der Waals surface area contributed by atoms with E-state index in [4.69, 9.17) is 0 Å². The maximum atomic E-state index is 12.5. The van der Waals surface area contributed by atoms with Gasteiger partial charge in [-0.3, -0.25) is 9.33 Å². The molecule has 2 fully saturated rings. The van der Waals surface area contributed by atoms with Crippen molar-refractivity contribution in [2.75, 3.05) is 6.67 Å². The summed E-state index contributed by atoms with van der Waals surface area (Å²) in [4.78, 5) is 2.98.